The first-order chi connectivity index (χ1) is 13.0. The van der Waals surface area contributed by atoms with E-state index in [9.17, 15) is 14.4 Å². The normalized spacial score (nSPS) is 10.9. The maximum absolute atomic E-state index is 12.6. The number of aryl methyl sites for hydroxylation is 1. The van der Waals surface area contributed by atoms with Crippen molar-refractivity contribution in [1.29, 1.82) is 0 Å². The summed E-state index contributed by atoms with van der Waals surface area (Å²) in [4.78, 5) is 37.3. The van der Waals surface area contributed by atoms with Crippen LogP contribution in [0.4, 0.5) is 5.69 Å². The van der Waals surface area contributed by atoms with Crippen molar-refractivity contribution in [2.45, 2.75) is 33.2 Å². The molecule has 6 nitrogen and oxygen atoms in total. The van der Waals surface area contributed by atoms with Gasteiger partial charge in [-0.3, -0.25) is 19.5 Å². The van der Waals surface area contributed by atoms with Gasteiger partial charge in [0.05, 0.1) is 10.8 Å². The van der Waals surface area contributed by atoms with Gasteiger partial charge in [0.25, 0.3) is 11.1 Å². The number of anilines is 1. The molecule has 1 heterocycles. The Kier molecular flexibility index (Phi) is 5.46. The van der Waals surface area contributed by atoms with Crippen LogP contribution in [0.5, 0.6) is 0 Å². The van der Waals surface area contributed by atoms with Crippen LogP contribution in [-0.2, 0) is 24.2 Å². The van der Waals surface area contributed by atoms with Crippen LogP contribution in [-0.4, -0.2) is 15.7 Å². The summed E-state index contributed by atoms with van der Waals surface area (Å²) in [7, 11) is 0. The number of amides is 1. The van der Waals surface area contributed by atoms with Crippen molar-refractivity contribution in [3.05, 3.63) is 73.3 Å². The summed E-state index contributed by atoms with van der Waals surface area (Å²) in [5, 5.41) is 6.49. The van der Waals surface area contributed by atoms with E-state index >= 15 is 0 Å². The van der Waals surface area contributed by atoms with Gasteiger partial charge in [-0.1, -0.05) is 43.6 Å². The number of nitrogens with zero attached hydrogens (tertiary/aromatic N) is 1. The minimum absolute atomic E-state index is 0.278. The summed E-state index contributed by atoms with van der Waals surface area (Å²) in [5.74, 6) is -0.408. The molecular weight excluding hydrogens is 366 g/mol. The van der Waals surface area contributed by atoms with Crippen LogP contribution >= 0.6 is 11.6 Å². The quantitative estimate of drug-likeness (QED) is 0.707. The van der Waals surface area contributed by atoms with Gasteiger partial charge in [0.15, 0.2) is 0 Å². The second-order valence-corrected chi connectivity index (χ2v) is 6.60. The Hall–Kier alpha value is -2.86. The molecule has 0 unspecified atom stereocenters. The molecule has 2 N–H and O–H groups in total. The van der Waals surface area contributed by atoms with Crippen molar-refractivity contribution >= 4 is 34.0 Å². The lowest BCUT2D eigenvalue weighted by Gasteiger charge is -2.16. The molecule has 0 bridgehead atoms. The van der Waals surface area contributed by atoms with E-state index in [1.807, 2.05) is 26.0 Å². The molecule has 0 saturated heterocycles. The van der Waals surface area contributed by atoms with Crippen molar-refractivity contribution in [3.8, 4) is 0 Å². The molecule has 0 atom stereocenters. The van der Waals surface area contributed by atoms with E-state index in [2.05, 4.69) is 10.4 Å². The number of fused-ring (bicyclic) bond motifs is 1. The van der Waals surface area contributed by atoms with Crippen molar-refractivity contribution < 1.29 is 4.79 Å². The van der Waals surface area contributed by atoms with Gasteiger partial charge in [0, 0.05) is 10.7 Å². The molecule has 2 aromatic carbocycles. The minimum atomic E-state index is -0.419. The van der Waals surface area contributed by atoms with E-state index in [1.54, 1.807) is 24.3 Å². The number of hydrogen-bond acceptors (Lipinski definition) is 3. The van der Waals surface area contributed by atoms with Gasteiger partial charge in [-0.2, -0.15) is 0 Å². The molecule has 3 rings (SSSR count). The SMILES string of the molecule is CCc1ccc(Cl)c(CC)c1NC(=O)Cn1[nH]c(=O)c2ccccc2c1=O. The van der Waals surface area contributed by atoms with Gasteiger partial charge in [0.1, 0.15) is 6.54 Å². The predicted molar refractivity (Wildman–Crippen MR) is 108 cm³/mol. The van der Waals surface area contributed by atoms with Gasteiger partial charge in [-0.15, -0.1) is 0 Å². The lowest BCUT2D eigenvalue weighted by molar-refractivity contribution is -0.117. The standard InChI is InChI=1S/C20H20ClN3O3/c1-3-12-9-10-16(21)13(4-2)18(12)22-17(25)11-24-20(27)15-8-6-5-7-14(15)19(26)23-24/h5-10H,3-4,11H2,1-2H3,(H,22,25)(H,23,26). The lowest BCUT2D eigenvalue weighted by Crippen LogP contribution is -2.34. The maximum atomic E-state index is 12.6. The molecule has 0 aliphatic heterocycles. The van der Waals surface area contributed by atoms with E-state index in [1.165, 1.54) is 0 Å². The molecule has 0 aliphatic rings. The molecule has 140 valence electrons. The van der Waals surface area contributed by atoms with Gasteiger partial charge < -0.3 is 5.32 Å². The van der Waals surface area contributed by atoms with Crippen LogP contribution in [0, 0.1) is 0 Å². The highest BCUT2D eigenvalue weighted by atomic mass is 35.5. The molecule has 0 saturated carbocycles. The van der Waals surface area contributed by atoms with Crippen LogP contribution in [0.3, 0.4) is 0 Å². The van der Waals surface area contributed by atoms with Crippen molar-refractivity contribution in [2.24, 2.45) is 0 Å². The van der Waals surface area contributed by atoms with Crippen molar-refractivity contribution in [2.75, 3.05) is 5.32 Å². The molecule has 3 aromatic rings. The first-order valence-corrected chi connectivity index (χ1v) is 9.16. The number of nitrogens with one attached hydrogen (secondary N) is 2. The third-order valence-electron chi connectivity index (χ3n) is 4.53. The average molecular weight is 386 g/mol. The Morgan fingerprint density at radius 3 is 2.44 bits per heavy atom. The Labute approximate surface area is 160 Å². The first-order valence-electron chi connectivity index (χ1n) is 8.78. The van der Waals surface area contributed by atoms with Gasteiger partial charge in [0.2, 0.25) is 5.91 Å². The van der Waals surface area contributed by atoms with E-state index in [0.717, 1.165) is 22.2 Å². The van der Waals surface area contributed by atoms with Crippen molar-refractivity contribution in [1.82, 2.24) is 9.78 Å². The topological polar surface area (TPSA) is 84.0 Å². The van der Waals surface area contributed by atoms with Crippen molar-refractivity contribution in [3.63, 3.8) is 0 Å². The largest absolute Gasteiger partial charge is 0.324 e. The zero-order valence-electron chi connectivity index (χ0n) is 15.1. The number of rotatable bonds is 5. The summed E-state index contributed by atoms with van der Waals surface area (Å²) < 4.78 is 1.03. The molecule has 0 radical (unpaired) electrons. The van der Waals surface area contributed by atoms with Gasteiger partial charge in [-0.05, 0) is 42.2 Å². The third-order valence-corrected chi connectivity index (χ3v) is 4.88. The zero-order chi connectivity index (χ0) is 19.6. The van der Waals surface area contributed by atoms with Crippen LogP contribution in [0.2, 0.25) is 5.02 Å². The summed E-state index contributed by atoms with van der Waals surface area (Å²) in [6, 6.07) is 10.2. The summed E-state index contributed by atoms with van der Waals surface area (Å²) in [6.07, 6.45) is 1.39. The number of carbonyl (C=O) groups excluding carboxylic acids is 1. The zero-order valence-corrected chi connectivity index (χ0v) is 15.9. The molecule has 27 heavy (non-hydrogen) atoms. The number of benzene rings is 2. The number of H-pyrrole nitrogens is 1. The fourth-order valence-electron chi connectivity index (χ4n) is 3.15. The third kappa shape index (κ3) is 3.66. The highest BCUT2D eigenvalue weighted by Gasteiger charge is 2.15. The highest BCUT2D eigenvalue weighted by molar-refractivity contribution is 6.32. The monoisotopic (exact) mass is 385 g/mol. The summed E-state index contributed by atoms with van der Waals surface area (Å²) in [6.45, 7) is 3.66. The maximum Gasteiger partial charge on any atom is 0.273 e. The number of carbonyl (C=O) groups is 1. The molecule has 0 fully saturated rings. The molecular formula is C20H20ClN3O3. The molecule has 0 spiro atoms. The second-order valence-electron chi connectivity index (χ2n) is 6.19. The predicted octanol–water partition coefficient (Wildman–Crippen LogP) is 3.11. The number of aromatic amines is 1. The number of hydrogen-bond donors (Lipinski definition) is 2. The van der Waals surface area contributed by atoms with Crippen LogP contribution in [0.1, 0.15) is 25.0 Å². The number of halogens is 1. The Morgan fingerprint density at radius 1 is 1.07 bits per heavy atom. The lowest BCUT2D eigenvalue weighted by atomic mass is 10.0. The second kappa shape index (κ2) is 7.80. The summed E-state index contributed by atoms with van der Waals surface area (Å²) in [5.41, 5.74) is 1.66. The van der Waals surface area contributed by atoms with Gasteiger partial charge >= 0.3 is 0 Å². The molecule has 7 heteroatoms. The molecule has 1 aromatic heterocycles. The van der Waals surface area contributed by atoms with Crippen LogP contribution in [0.25, 0.3) is 10.8 Å². The van der Waals surface area contributed by atoms with E-state index in [-0.39, 0.29) is 11.9 Å². The number of aromatic nitrogens is 2. The highest BCUT2D eigenvalue weighted by Crippen LogP contribution is 2.29. The Balaban J connectivity index is 1.95. The Morgan fingerprint density at radius 2 is 1.78 bits per heavy atom. The fourth-order valence-corrected chi connectivity index (χ4v) is 3.44. The molecule has 0 aliphatic carbocycles. The fraction of sp³-hybridized carbons (Fsp3) is 0.250. The van der Waals surface area contributed by atoms with Crippen LogP contribution < -0.4 is 16.4 Å². The molecule has 1 amide bonds. The van der Waals surface area contributed by atoms with Gasteiger partial charge in [-0.25, -0.2) is 4.68 Å². The van der Waals surface area contributed by atoms with E-state index in [0.29, 0.717) is 22.5 Å². The van der Waals surface area contributed by atoms with E-state index < -0.39 is 17.0 Å². The summed E-state index contributed by atoms with van der Waals surface area (Å²) >= 11 is 6.26. The van der Waals surface area contributed by atoms with E-state index in [4.69, 9.17) is 11.6 Å². The first kappa shape index (κ1) is 18.9. The Bertz CT molecular complexity index is 1130. The smallest absolute Gasteiger partial charge is 0.273 e. The minimum Gasteiger partial charge on any atom is -0.324 e. The average Bonchev–Trinajstić information content (AvgIpc) is 2.66. The van der Waals surface area contributed by atoms with Crippen LogP contribution in [0.15, 0.2) is 46.0 Å².